The third kappa shape index (κ3) is 4.08. The molecule has 102 valence electrons. The predicted octanol–water partition coefficient (Wildman–Crippen LogP) is 5.55. The summed E-state index contributed by atoms with van der Waals surface area (Å²) in [6.45, 7) is 3.03. The molecule has 1 aromatic heterocycles. The molecule has 0 aliphatic rings. The molecule has 0 bridgehead atoms. The second kappa shape index (κ2) is 7.27. The highest BCUT2D eigenvalue weighted by Crippen LogP contribution is 2.31. The molecular weight excluding hydrogens is 412 g/mol. The summed E-state index contributed by atoms with van der Waals surface area (Å²) >= 11 is 16.6. The highest BCUT2D eigenvalue weighted by atomic mass is 127. The molecule has 0 fully saturated rings. The van der Waals surface area contributed by atoms with E-state index in [1.54, 1.807) is 11.3 Å². The van der Waals surface area contributed by atoms with Gasteiger partial charge in [-0.2, -0.15) is 0 Å². The molecule has 1 unspecified atom stereocenters. The molecule has 0 aliphatic heterocycles. The van der Waals surface area contributed by atoms with Crippen LogP contribution in [0.25, 0.3) is 0 Å². The van der Waals surface area contributed by atoms with Gasteiger partial charge in [0.25, 0.3) is 0 Å². The lowest BCUT2D eigenvalue weighted by atomic mass is 10.0. The normalized spacial score (nSPS) is 12.6. The highest BCUT2D eigenvalue weighted by molar-refractivity contribution is 14.1. The van der Waals surface area contributed by atoms with Crippen LogP contribution in [-0.4, -0.2) is 6.54 Å². The summed E-state index contributed by atoms with van der Waals surface area (Å²) in [6.07, 6.45) is 0.805. The number of nitrogens with one attached hydrogen (secondary N) is 1. The fraction of sp³-hybridized carbons (Fsp3) is 0.286. The molecule has 1 heterocycles. The van der Waals surface area contributed by atoms with E-state index in [-0.39, 0.29) is 6.04 Å². The van der Waals surface area contributed by atoms with E-state index in [0.29, 0.717) is 0 Å². The molecule has 0 radical (unpaired) electrons. The van der Waals surface area contributed by atoms with Crippen molar-refractivity contribution in [3.05, 3.63) is 53.7 Å². The molecule has 0 saturated heterocycles. The molecule has 1 N–H and O–H groups in total. The fourth-order valence-electron chi connectivity index (χ4n) is 1.99. The minimum Gasteiger partial charge on any atom is -0.310 e. The van der Waals surface area contributed by atoms with Crippen molar-refractivity contribution in [1.82, 2.24) is 5.32 Å². The van der Waals surface area contributed by atoms with Crippen LogP contribution in [0.5, 0.6) is 0 Å². The second-order valence-corrected chi connectivity index (χ2v) is 7.82. The molecule has 2 aromatic rings. The first-order valence-electron chi connectivity index (χ1n) is 6.02. The smallest absolute Gasteiger partial charge is 0.0656 e. The van der Waals surface area contributed by atoms with E-state index >= 15 is 0 Å². The lowest BCUT2D eigenvalue weighted by Crippen LogP contribution is -2.22. The average molecular weight is 426 g/mol. The quantitative estimate of drug-likeness (QED) is 0.619. The van der Waals surface area contributed by atoms with Gasteiger partial charge in [0.2, 0.25) is 0 Å². The summed E-state index contributed by atoms with van der Waals surface area (Å²) in [4.78, 5) is 0. The first-order chi connectivity index (χ1) is 9.11. The van der Waals surface area contributed by atoms with Crippen LogP contribution in [0.2, 0.25) is 10.0 Å². The van der Waals surface area contributed by atoms with E-state index in [4.69, 9.17) is 23.2 Å². The predicted molar refractivity (Wildman–Crippen MR) is 93.6 cm³/mol. The van der Waals surface area contributed by atoms with Crippen LogP contribution in [-0.2, 0) is 6.42 Å². The van der Waals surface area contributed by atoms with Gasteiger partial charge in [-0.15, -0.1) is 11.3 Å². The number of hydrogen-bond acceptors (Lipinski definition) is 2. The minimum atomic E-state index is 0.252. The summed E-state index contributed by atoms with van der Waals surface area (Å²) in [5.74, 6) is 0. The van der Waals surface area contributed by atoms with Gasteiger partial charge in [-0.05, 0) is 70.3 Å². The van der Waals surface area contributed by atoms with Gasteiger partial charge in [0, 0.05) is 16.1 Å². The van der Waals surface area contributed by atoms with Crippen LogP contribution in [0, 0.1) is 2.88 Å². The van der Waals surface area contributed by atoms with Crippen molar-refractivity contribution < 1.29 is 0 Å². The van der Waals surface area contributed by atoms with E-state index in [1.165, 1.54) is 8.45 Å². The van der Waals surface area contributed by atoms with Gasteiger partial charge in [-0.3, -0.25) is 0 Å². The molecule has 0 amide bonds. The number of hydrogen-bond donors (Lipinski definition) is 1. The minimum absolute atomic E-state index is 0.252. The lowest BCUT2D eigenvalue weighted by molar-refractivity contribution is 0.551. The Kier molecular flexibility index (Phi) is 5.96. The van der Waals surface area contributed by atoms with E-state index in [9.17, 15) is 0 Å². The van der Waals surface area contributed by atoms with Crippen LogP contribution in [0.1, 0.15) is 24.1 Å². The van der Waals surface area contributed by atoms with Crippen molar-refractivity contribution in [2.24, 2.45) is 0 Å². The average Bonchev–Trinajstić information content (AvgIpc) is 2.79. The Morgan fingerprint density at radius 1 is 1.32 bits per heavy atom. The molecular formula is C14H14Cl2INS. The van der Waals surface area contributed by atoms with Crippen molar-refractivity contribution in [1.29, 1.82) is 0 Å². The van der Waals surface area contributed by atoms with Crippen molar-refractivity contribution in [2.45, 2.75) is 19.4 Å². The zero-order valence-electron chi connectivity index (χ0n) is 10.4. The van der Waals surface area contributed by atoms with Crippen LogP contribution in [0.4, 0.5) is 0 Å². The molecule has 1 aromatic carbocycles. The SMILES string of the molecule is CCNC(Cc1c(Cl)cccc1Cl)c1csc(I)c1. The number of benzene rings is 1. The molecule has 0 spiro atoms. The Balaban J connectivity index is 2.26. The van der Waals surface area contributed by atoms with Gasteiger partial charge in [0.1, 0.15) is 0 Å². The van der Waals surface area contributed by atoms with Crippen molar-refractivity contribution in [2.75, 3.05) is 6.54 Å². The maximum absolute atomic E-state index is 6.26. The summed E-state index contributed by atoms with van der Waals surface area (Å²) < 4.78 is 1.29. The zero-order valence-corrected chi connectivity index (χ0v) is 14.9. The maximum Gasteiger partial charge on any atom is 0.0656 e. The summed E-state index contributed by atoms with van der Waals surface area (Å²) in [6, 6.07) is 8.13. The van der Waals surface area contributed by atoms with Crippen LogP contribution >= 0.6 is 57.1 Å². The summed E-state index contributed by atoms with van der Waals surface area (Å²) in [7, 11) is 0. The molecule has 19 heavy (non-hydrogen) atoms. The van der Waals surface area contributed by atoms with Gasteiger partial charge in [0.05, 0.1) is 2.88 Å². The molecule has 0 saturated carbocycles. The Morgan fingerprint density at radius 3 is 2.53 bits per heavy atom. The van der Waals surface area contributed by atoms with Gasteiger partial charge in [-0.25, -0.2) is 0 Å². The molecule has 1 nitrogen and oxygen atoms in total. The van der Waals surface area contributed by atoms with Crippen LogP contribution < -0.4 is 5.32 Å². The zero-order chi connectivity index (χ0) is 13.8. The van der Waals surface area contributed by atoms with E-state index in [0.717, 1.165) is 28.6 Å². The number of likely N-dealkylation sites (N-methyl/N-ethyl adjacent to an activating group) is 1. The number of thiophene rings is 1. The van der Waals surface area contributed by atoms with E-state index < -0.39 is 0 Å². The number of halogens is 3. The fourth-order valence-corrected chi connectivity index (χ4v) is 3.97. The van der Waals surface area contributed by atoms with Crippen molar-refractivity contribution in [3.63, 3.8) is 0 Å². The standard InChI is InChI=1S/C14H14Cl2INS/c1-2-18-13(9-6-14(17)19-8-9)7-10-11(15)4-3-5-12(10)16/h3-6,8,13,18H,2,7H2,1H3. The largest absolute Gasteiger partial charge is 0.310 e. The first-order valence-corrected chi connectivity index (χ1v) is 8.73. The Morgan fingerprint density at radius 2 is 2.00 bits per heavy atom. The summed E-state index contributed by atoms with van der Waals surface area (Å²) in [5.41, 5.74) is 2.31. The summed E-state index contributed by atoms with van der Waals surface area (Å²) in [5, 5.41) is 7.17. The topological polar surface area (TPSA) is 12.0 Å². The first kappa shape index (κ1) is 15.6. The van der Waals surface area contributed by atoms with Crippen molar-refractivity contribution >= 4 is 57.1 Å². The van der Waals surface area contributed by atoms with Gasteiger partial charge < -0.3 is 5.32 Å². The highest BCUT2D eigenvalue weighted by Gasteiger charge is 2.16. The lowest BCUT2D eigenvalue weighted by Gasteiger charge is -2.18. The molecule has 5 heteroatoms. The van der Waals surface area contributed by atoms with Crippen LogP contribution in [0.3, 0.4) is 0 Å². The monoisotopic (exact) mass is 425 g/mol. The van der Waals surface area contributed by atoms with E-state index in [2.05, 4.69) is 46.3 Å². The van der Waals surface area contributed by atoms with Gasteiger partial charge in [-0.1, -0.05) is 36.2 Å². The molecule has 0 aliphatic carbocycles. The van der Waals surface area contributed by atoms with Gasteiger partial charge >= 0.3 is 0 Å². The Hall–Kier alpha value is 0.190. The maximum atomic E-state index is 6.26. The molecule has 1 atom stereocenters. The van der Waals surface area contributed by atoms with Crippen molar-refractivity contribution in [3.8, 4) is 0 Å². The van der Waals surface area contributed by atoms with Gasteiger partial charge in [0.15, 0.2) is 0 Å². The Bertz CT molecular complexity index is 536. The second-order valence-electron chi connectivity index (χ2n) is 4.20. The third-order valence-corrected chi connectivity index (χ3v) is 5.43. The third-order valence-electron chi connectivity index (χ3n) is 2.91. The van der Waals surface area contributed by atoms with E-state index in [1.807, 2.05) is 18.2 Å². The Labute approximate surface area is 141 Å². The number of rotatable bonds is 5. The molecule has 2 rings (SSSR count). The van der Waals surface area contributed by atoms with Crippen LogP contribution in [0.15, 0.2) is 29.6 Å².